The van der Waals surface area contributed by atoms with Crippen LogP contribution in [0.2, 0.25) is 0 Å². The zero-order valence-electron chi connectivity index (χ0n) is 18.8. The molecule has 0 bridgehead atoms. The highest BCUT2D eigenvalue weighted by molar-refractivity contribution is 7.86. The third-order valence-corrected chi connectivity index (χ3v) is 8.25. The van der Waals surface area contributed by atoms with Crippen molar-refractivity contribution in [2.45, 2.75) is 16.7 Å². The molecule has 0 amide bonds. The molecule has 0 atom stereocenters. The number of thiazole rings is 1. The van der Waals surface area contributed by atoms with Crippen molar-refractivity contribution < 1.29 is 31.0 Å². The minimum Gasteiger partial charge on any atom is -0.744 e. The van der Waals surface area contributed by atoms with Crippen LogP contribution < -0.4 is 0 Å². The first-order valence-corrected chi connectivity index (χ1v) is 14.1. The largest absolute Gasteiger partial charge is 0.744 e. The van der Waals surface area contributed by atoms with Crippen molar-refractivity contribution in [1.82, 2.24) is 4.98 Å². The van der Waals surface area contributed by atoms with Crippen molar-refractivity contribution in [2.75, 3.05) is 0 Å². The molecule has 0 aliphatic rings. The molecule has 5 aromatic rings. The van der Waals surface area contributed by atoms with Gasteiger partial charge in [0.15, 0.2) is 5.75 Å². The van der Waals surface area contributed by atoms with Crippen LogP contribution in [0.1, 0.15) is 5.56 Å². The maximum atomic E-state index is 11.9. The van der Waals surface area contributed by atoms with E-state index in [1.165, 1.54) is 11.3 Å². The van der Waals surface area contributed by atoms with Crippen LogP contribution in [0.3, 0.4) is 0 Å². The Kier molecular flexibility index (Phi) is 6.04. The molecule has 37 heavy (non-hydrogen) atoms. The van der Waals surface area contributed by atoms with E-state index in [0.29, 0.717) is 0 Å². The van der Waals surface area contributed by atoms with Gasteiger partial charge in [-0.3, -0.25) is 0 Å². The monoisotopic (exact) mass is 553 g/mol. The molecule has 13 heteroatoms. The lowest BCUT2D eigenvalue weighted by atomic mass is 10.1. The number of hydrogen-bond donors (Lipinski definition) is 1. The summed E-state index contributed by atoms with van der Waals surface area (Å²) in [5.41, 5.74) is 2.43. The van der Waals surface area contributed by atoms with E-state index in [1.54, 1.807) is 24.3 Å². The Morgan fingerprint density at radius 2 is 1.59 bits per heavy atom. The molecule has 1 heterocycles. The van der Waals surface area contributed by atoms with Crippen LogP contribution in [0.5, 0.6) is 5.75 Å². The maximum absolute atomic E-state index is 11.9. The molecule has 5 rings (SSSR count). The number of aromatic nitrogens is 1. The van der Waals surface area contributed by atoms with E-state index >= 15 is 0 Å². The van der Waals surface area contributed by atoms with E-state index in [2.05, 4.69) is 15.2 Å². The fourth-order valence-corrected chi connectivity index (χ4v) is 5.91. The first-order chi connectivity index (χ1) is 17.4. The van der Waals surface area contributed by atoms with Gasteiger partial charge >= 0.3 is 0 Å². The second kappa shape index (κ2) is 8.97. The van der Waals surface area contributed by atoms with Crippen molar-refractivity contribution >= 4 is 63.9 Å². The number of aryl methyl sites for hydroxylation is 1. The predicted molar refractivity (Wildman–Crippen MR) is 136 cm³/mol. The van der Waals surface area contributed by atoms with Crippen molar-refractivity contribution in [3.05, 3.63) is 72.3 Å². The van der Waals surface area contributed by atoms with Gasteiger partial charge in [-0.15, -0.1) is 16.5 Å². The van der Waals surface area contributed by atoms with Gasteiger partial charge in [0.2, 0.25) is 0 Å². The Bertz CT molecular complexity index is 1950. The lowest BCUT2D eigenvalue weighted by Gasteiger charge is -2.14. The molecular weight excluding hydrogens is 538 g/mol. The van der Waals surface area contributed by atoms with Crippen LogP contribution in [0.25, 0.3) is 31.6 Å². The highest BCUT2D eigenvalue weighted by Crippen LogP contribution is 2.42. The van der Waals surface area contributed by atoms with Gasteiger partial charge in [0.25, 0.3) is 0 Å². The molecule has 0 radical (unpaired) electrons. The van der Waals surface area contributed by atoms with Gasteiger partial charge in [0.05, 0.1) is 25.7 Å². The van der Waals surface area contributed by atoms with Crippen LogP contribution >= 0.6 is 11.3 Å². The maximum Gasteiger partial charge on any atom is 0.152 e. The molecule has 10 nitrogen and oxygen atoms in total. The summed E-state index contributed by atoms with van der Waals surface area (Å²) in [6, 6.07) is 16.5. The minimum atomic E-state index is -5.10. The number of azo groups is 1. The average Bonchev–Trinajstić information content (AvgIpc) is 3.25. The average molecular weight is 554 g/mol. The molecule has 0 saturated carbocycles. The topological polar surface area (TPSA) is 172 Å². The molecule has 0 unspecified atom stereocenters. The summed E-state index contributed by atoms with van der Waals surface area (Å²) >= 11 is 1.53. The summed E-state index contributed by atoms with van der Waals surface area (Å²) in [7, 11) is -9.95. The van der Waals surface area contributed by atoms with E-state index in [9.17, 15) is 31.0 Å². The number of benzene rings is 4. The number of nitrogens with zero attached hydrogens (tertiary/aromatic N) is 3. The Labute approximate surface area is 215 Å². The third kappa shape index (κ3) is 4.95. The fraction of sp³-hybridized carbons (Fsp3) is 0.0417. The summed E-state index contributed by atoms with van der Waals surface area (Å²) in [5, 5.41) is 19.0. The second-order valence-electron chi connectivity index (χ2n) is 8.10. The standard InChI is InChI=1S/C24H17N3O7S3/c1-13-2-9-19-20(10-13)35-24(25-19)14-3-6-16(7-4-14)26-27-22-21(37(32,33)34)11-15-5-8-17(36(29,30)31)12-18(15)23(22)28/h2-12,28H,1H3,(H,29,30,31)(H,32,33,34)/p-2. The van der Waals surface area contributed by atoms with Gasteiger partial charge in [0, 0.05) is 10.9 Å². The molecule has 188 valence electrons. The summed E-state index contributed by atoms with van der Waals surface area (Å²) < 4.78 is 70.8. The van der Waals surface area contributed by atoms with E-state index in [4.69, 9.17) is 0 Å². The Balaban J connectivity index is 1.55. The van der Waals surface area contributed by atoms with E-state index < -0.39 is 41.5 Å². The molecule has 1 N–H and O–H groups in total. The first-order valence-electron chi connectivity index (χ1n) is 10.5. The highest BCUT2D eigenvalue weighted by atomic mass is 32.2. The molecule has 0 saturated heterocycles. The highest BCUT2D eigenvalue weighted by Gasteiger charge is 2.19. The van der Waals surface area contributed by atoms with Crippen molar-refractivity contribution in [2.24, 2.45) is 10.2 Å². The van der Waals surface area contributed by atoms with Crippen molar-refractivity contribution in [1.29, 1.82) is 0 Å². The SMILES string of the molecule is Cc1ccc2nc(-c3ccc(N=Nc4c(S(=O)(=O)[O-])cc5ccc(S(=O)(=O)[O-])cc5c4O)cc3)sc2c1. The summed E-state index contributed by atoms with van der Waals surface area (Å²) in [6.07, 6.45) is 0. The molecule has 0 spiro atoms. The Morgan fingerprint density at radius 1 is 0.865 bits per heavy atom. The van der Waals surface area contributed by atoms with E-state index in [-0.39, 0.29) is 16.5 Å². The lowest BCUT2D eigenvalue weighted by Crippen LogP contribution is -2.01. The third-order valence-electron chi connectivity index (χ3n) is 5.51. The van der Waals surface area contributed by atoms with Crippen LogP contribution in [0.15, 0.2) is 86.7 Å². The second-order valence-corrected chi connectivity index (χ2v) is 11.9. The van der Waals surface area contributed by atoms with Gasteiger partial charge in [0.1, 0.15) is 30.9 Å². The molecule has 4 aromatic carbocycles. The molecular formula is C24H15N3O7S3-2. The van der Waals surface area contributed by atoms with Crippen molar-refractivity contribution in [3.63, 3.8) is 0 Å². The number of rotatable bonds is 5. The number of hydrogen-bond acceptors (Lipinski definition) is 11. The van der Waals surface area contributed by atoms with Gasteiger partial charge in [-0.1, -0.05) is 12.1 Å². The molecule has 0 aliphatic heterocycles. The van der Waals surface area contributed by atoms with E-state index in [1.807, 2.05) is 25.1 Å². The number of phenolic OH excluding ortho intramolecular Hbond substituents is 1. The number of fused-ring (bicyclic) bond motifs is 2. The summed E-state index contributed by atoms with van der Waals surface area (Å²) in [6.45, 7) is 2.00. The summed E-state index contributed by atoms with van der Waals surface area (Å²) in [4.78, 5) is 3.13. The summed E-state index contributed by atoms with van der Waals surface area (Å²) in [5.74, 6) is -0.803. The zero-order valence-corrected chi connectivity index (χ0v) is 21.3. The minimum absolute atomic E-state index is 0.0219. The van der Waals surface area contributed by atoms with Gasteiger partial charge in [-0.2, -0.15) is 5.11 Å². The van der Waals surface area contributed by atoms with Crippen LogP contribution in [-0.2, 0) is 20.2 Å². The fourth-order valence-electron chi connectivity index (χ4n) is 3.70. The quantitative estimate of drug-likeness (QED) is 0.224. The Hall–Kier alpha value is -3.75. The predicted octanol–water partition coefficient (Wildman–Crippen LogP) is 5.35. The first kappa shape index (κ1) is 24.9. The van der Waals surface area contributed by atoms with Crippen LogP contribution in [-0.4, -0.2) is 36.0 Å². The molecule has 1 aromatic heterocycles. The lowest BCUT2D eigenvalue weighted by molar-refractivity contribution is 0.457. The zero-order chi connectivity index (χ0) is 26.5. The molecule has 0 fully saturated rings. The molecule has 0 aliphatic carbocycles. The van der Waals surface area contributed by atoms with Crippen LogP contribution in [0, 0.1) is 6.92 Å². The van der Waals surface area contributed by atoms with E-state index in [0.717, 1.165) is 50.6 Å². The number of aromatic hydroxyl groups is 1. The van der Waals surface area contributed by atoms with Gasteiger partial charge in [-0.05, 0) is 72.5 Å². The smallest absolute Gasteiger partial charge is 0.152 e. The van der Waals surface area contributed by atoms with Gasteiger partial charge in [-0.25, -0.2) is 21.8 Å². The Morgan fingerprint density at radius 3 is 2.27 bits per heavy atom. The van der Waals surface area contributed by atoms with Crippen molar-refractivity contribution in [3.8, 4) is 16.3 Å². The normalized spacial score (nSPS) is 12.6. The van der Waals surface area contributed by atoms with Crippen LogP contribution in [0.4, 0.5) is 11.4 Å². The van der Waals surface area contributed by atoms with Gasteiger partial charge < -0.3 is 14.2 Å². The number of phenols is 1.